The molecule has 6 heteroatoms. The van der Waals surface area contributed by atoms with Crippen LogP contribution in [0.2, 0.25) is 0 Å². The predicted molar refractivity (Wildman–Crippen MR) is 82.6 cm³/mol. The van der Waals surface area contributed by atoms with E-state index in [1.165, 1.54) is 0 Å². The molecular formula is C14H18BrNO3S. The zero-order valence-electron chi connectivity index (χ0n) is 11.6. The Morgan fingerprint density at radius 1 is 1.45 bits per heavy atom. The fourth-order valence-electron chi connectivity index (χ4n) is 2.57. The van der Waals surface area contributed by atoms with Crippen molar-refractivity contribution in [2.24, 2.45) is 0 Å². The van der Waals surface area contributed by atoms with E-state index in [-0.39, 0.29) is 23.5 Å². The molecule has 0 spiro atoms. The monoisotopic (exact) mass is 359 g/mol. The molecule has 1 unspecified atom stereocenters. The number of nitrogens with zero attached hydrogens (tertiary/aromatic N) is 1. The number of rotatable bonds is 3. The summed E-state index contributed by atoms with van der Waals surface area (Å²) in [6.07, 6.45) is 0.537. The minimum absolute atomic E-state index is 0.0830. The van der Waals surface area contributed by atoms with Crippen LogP contribution >= 0.6 is 15.9 Å². The van der Waals surface area contributed by atoms with E-state index in [1.807, 2.05) is 26.0 Å². The van der Waals surface area contributed by atoms with E-state index in [2.05, 4.69) is 15.9 Å². The molecule has 0 bridgehead atoms. The van der Waals surface area contributed by atoms with Gasteiger partial charge < -0.3 is 4.90 Å². The Hall–Kier alpha value is -0.880. The van der Waals surface area contributed by atoms with Gasteiger partial charge >= 0.3 is 0 Å². The molecule has 1 fully saturated rings. The Bertz CT molecular complexity index is 627. The van der Waals surface area contributed by atoms with E-state index in [0.29, 0.717) is 18.5 Å². The van der Waals surface area contributed by atoms with Gasteiger partial charge in [0, 0.05) is 22.6 Å². The average Bonchev–Trinajstić information content (AvgIpc) is 2.73. The van der Waals surface area contributed by atoms with E-state index in [0.717, 1.165) is 10.0 Å². The van der Waals surface area contributed by atoms with Crippen LogP contribution < -0.4 is 0 Å². The van der Waals surface area contributed by atoms with E-state index < -0.39 is 9.84 Å². The summed E-state index contributed by atoms with van der Waals surface area (Å²) in [6, 6.07) is 5.37. The second-order valence-electron chi connectivity index (χ2n) is 5.11. The van der Waals surface area contributed by atoms with Crippen LogP contribution in [0, 0.1) is 6.92 Å². The summed E-state index contributed by atoms with van der Waals surface area (Å²) in [7, 11) is -2.99. The molecule has 110 valence electrons. The summed E-state index contributed by atoms with van der Waals surface area (Å²) in [6.45, 7) is 4.29. The van der Waals surface area contributed by atoms with Crippen molar-refractivity contribution >= 4 is 31.7 Å². The molecular weight excluding hydrogens is 342 g/mol. The maximum absolute atomic E-state index is 12.7. The van der Waals surface area contributed by atoms with Crippen molar-refractivity contribution < 1.29 is 13.2 Å². The molecule has 20 heavy (non-hydrogen) atoms. The van der Waals surface area contributed by atoms with Gasteiger partial charge in [0.15, 0.2) is 9.84 Å². The summed E-state index contributed by atoms with van der Waals surface area (Å²) in [4.78, 5) is 14.3. The number of hydrogen-bond donors (Lipinski definition) is 0. The topological polar surface area (TPSA) is 54.5 Å². The molecule has 4 nitrogen and oxygen atoms in total. The van der Waals surface area contributed by atoms with Crippen molar-refractivity contribution in [3.05, 3.63) is 33.8 Å². The highest BCUT2D eigenvalue weighted by atomic mass is 79.9. The van der Waals surface area contributed by atoms with Gasteiger partial charge in [0.25, 0.3) is 5.91 Å². The average molecular weight is 360 g/mol. The van der Waals surface area contributed by atoms with Crippen LogP contribution in [0.15, 0.2) is 22.7 Å². The van der Waals surface area contributed by atoms with Crippen molar-refractivity contribution in [2.75, 3.05) is 18.1 Å². The maximum Gasteiger partial charge on any atom is 0.254 e. The third-order valence-electron chi connectivity index (χ3n) is 3.68. The number of sulfone groups is 1. The van der Waals surface area contributed by atoms with Crippen molar-refractivity contribution in [3.8, 4) is 0 Å². The summed E-state index contributed by atoms with van der Waals surface area (Å²) in [5.41, 5.74) is 1.53. The summed E-state index contributed by atoms with van der Waals surface area (Å²) >= 11 is 3.37. The molecule has 1 aromatic carbocycles. The predicted octanol–water partition coefficient (Wildman–Crippen LogP) is 2.41. The highest BCUT2D eigenvalue weighted by Crippen LogP contribution is 2.23. The van der Waals surface area contributed by atoms with Gasteiger partial charge in [-0.05, 0) is 38.0 Å². The first-order valence-electron chi connectivity index (χ1n) is 6.61. The lowest BCUT2D eigenvalue weighted by Gasteiger charge is -2.27. The third kappa shape index (κ3) is 3.23. The van der Waals surface area contributed by atoms with Crippen molar-refractivity contribution in [2.45, 2.75) is 26.3 Å². The number of carbonyl (C=O) groups is 1. The standard InChI is InChI=1S/C14H18BrNO3S/c1-3-16(12-6-7-20(18,19)9-12)14(17)13-8-11(15)5-4-10(13)2/h4-5,8,12H,3,6-7,9H2,1-2H3. The van der Waals surface area contributed by atoms with Crippen molar-refractivity contribution in [1.29, 1.82) is 0 Å². The lowest BCUT2D eigenvalue weighted by molar-refractivity contribution is 0.0707. The Balaban J connectivity index is 2.28. The lowest BCUT2D eigenvalue weighted by atomic mass is 10.1. The van der Waals surface area contributed by atoms with Crippen LogP contribution in [0.3, 0.4) is 0 Å². The Kier molecular flexibility index (Phi) is 4.54. The molecule has 0 N–H and O–H groups in total. The molecule has 1 aliphatic heterocycles. The van der Waals surface area contributed by atoms with Crippen LogP contribution in [0.25, 0.3) is 0 Å². The first kappa shape index (κ1) is 15.5. The second kappa shape index (κ2) is 5.85. The third-order valence-corrected chi connectivity index (χ3v) is 5.92. The molecule has 1 amide bonds. The summed E-state index contributed by atoms with van der Waals surface area (Å²) in [5, 5.41) is 0. The van der Waals surface area contributed by atoms with Crippen LogP contribution in [-0.4, -0.2) is 43.3 Å². The number of benzene rings is 1. The minimum Gasteiger partial charge on any atom is -0.335 e. The van der Waals surface area contributed by atoms with Crippen molar-refractivity contribution in [1.82, 2.24) is 4.90 Å². The largest absolute Gasteiger partial charge is 0.335 e. The molecule has 0 aliphatic carbocycles. The fourth-order valence-corrected chi connectivity index (χ4v) is 4.66. The highest BCUT2D eigenvalue weighted by molar-refractivity contribution is 9.10. The maximum atomic E-state index is 12.7. The molecule has 1 aliphatic rings. The molecule has 0 aromatic heterocycles. The van der Waals surface area contributed by atoms with Gasteiger partial charge in [0.2, 0.25) is 0 Å². The number of hydrogen-bond acceptors (Lipinski definition) is 3. The Morgan fingerprint density at radius 2 is 2.15 bits per heavy atom. The normalized spacial score (nSPS) is 20.9. The van der Waals surface area contributed by atoms with Crippen molar-refractivity contribution in [3.63, 3.8) is 0 Å². The molecule has 0 saturated carbocycles. The van der Waals surface area contributed by atoms with Gasteiger partial charge in [-0.25, -0.2) is 8.42 Å². The van der Waals surface area contributed by atoms with Crippen LogP contribution in [0.4, 0.5) is 0 Å². The molecule has 0 radical (unpaired) electrons. The second-order valence-corrected chi connectivity index (χ2v) is 8.25. The van der Waals surface area contributed by atoms with Gasteiger partial charge in [-0.15, -0.1) is 0 Å². The lowest BCUT2D eigenvalue weighted by Crippen LogP contribution is -2.41. The SMILES string of the molecule is CCN(C(=O)c1cc(Br)ccc1C)C1CCS(=O)(=O)C1. The van der Waals surface area contributed by atoms with Gasteiger partial charge in [-0.1, -0.05) is 22.0 Å². The summed E-state index contributed by atoms with van der Waals surface area (Å²) < 4.78 is 24.0. The van der Waals surface area contributed by atoms with Crippen LogP contribution in [0.5, 0.6) is 0 Å². The number of halogens is 1. The summed E-state index contributed by atoms with van der Waals surface area (Å²) in [5.74, 6) is 0.173. The first-order valence-corrected chi connectivity index (χ1v) is 9.23. The smallest absolute Gasteiger partial charge is 0.254 e. The van der Waals surface area contributed by atoms with Crippen LogP contribution in [0.1, 0.15) is 29.3 Å². The van der Waals surface area contributed by atoms with Gasteiger partial charge in [-0.2, -0.15) is 0 Å². The number of aryl methyl sites for hydroxylation is 1. The molecule has 1 saturated heterocycles. The highest BCUT2D eigenvalue weighted by Gasteiger charge is 2.34. The Labute approximate surface area is 128 Å². The van der Waals surface area contributed by atoms with E-state index >= 15 is 0 Å². The number of amides is 1. The van der Waals surface area contributed by atoms with Crippen LogP contribution in [-0.2, 0) is 9.84 Å². The minimum atomic E-state index is -2.99. The van der Waals surface area contributed by atoms with Gasteiger partial charge in [0.1, 0.15) is 0 Å². The Morgan fingerprint density at radius 3 is 2.70 bits per heavy atom. The number of carbonyl (C=O) groups excluding carboxylic acids is 1. The zero-order valence-corrected chi connectivity index (χ0v) is 14.0. The zero-order chi connectivity index (χ0) is 14.9. The molecule has 1 heterocycles. The quantitative estimate of drug-likeness (QED) is 0.832. The van der Waals surface area contributed by atoms with Gasteiger partial charge in [-0.3, -0.25) is 4.79 Å². The van der Waals surface area contributed by atoms with E-state index in [9.17, 15) is 13.2 Å². The first-order chi connectivity index (χ1) is 9.34. The van der Waals surface area contributed by atoms with E-state index in [4.69, 9.17) is 0 Å². The van der Waals surface area contributed by atoms with Gasteiger partial charge in [0.05, 0.1) is 11.5 Å². The molecule has 1 atom stereocenters. The molecule has 1 aromatic rings. The molecule has 2 rings (SSSR count). The van der Waals surface area contributed by atoms with E-state index in [1.54, 1.807) is 11.0 Å². The fraction of sp³-hybridized carbons (Fsp3) is 0.500.